The lowest BCUT2D eigenvalue weighted by molar-refractivity contribution is -0.158. The predicted octanol–water partition coefficient (Wildman–Crippen LogP) is 2.83. The molecular weight excluding hydrogens is 406 g/mol. The number of esters is 1. The monoisotopic (exact) mass is 429 g/mol. The Hall–Kier alpha value is -3.54. The van der Waals surface area contributed by atoms with E-state index < -0.39 is 30.5 Å². The molecule has 2 aliphatic carbocycles. The summed E-state index contributed by atoms with van der Waals surface area (Å²) >= 11 is 0. The number of ether oxygens (including phenoxy) is 1. The highest BCUT2D eigenvalue weighted by atomic mass is 16.5. The maximum Gasteiger partial charge on any atom is 0.330 e. The van der Waals surface area contributed by atoms with Crippen LogP contribution in [0, 0.1) is 23.7 Å². The van der Waals surface area contributed by atoms with Crippen LogP contribution in [-0.2, 0) is 25.5 Å². The molecule has 0 radical (unpaired) electrons. The van der Waals surface area contributed by atoms with Crippen molar-refractivity contribution in [1.29, 1.82) is 0 Å². The SMILES string of the molecule is O=C(COC(=O)[C@H](Cc1ccccc1)N1C(=O)[C@@H]2[C@H](C1=O)[C@@H]1C=C[C@H]2C1)c1ccccc1. The van der Waals surface area contributed by atoms with Crippen molar-refractivity contribution in [3.63, 3.8) is 0 Å². The fourth-order valence-corrected chi connectivity index (χ4v) is 5.29. The van der Waals surface area contributed by atoms with Gasteiger partial charge in [-0.05, 0) is 23.8 Å². The van der Waals surface area contributed by atoms with Crippen LogP contribution in [0.1, 0.15) is 22.3 Å². The van der Waals surface area contributed by atoms with Gasteiger partial charge >= 0.3 is 5.97 Å². The summed E-state index contributed by atoms with van der Waals surface area (Å²) in [4.78, 5) is 53.2. The van der Waals surface area contributed by atoms with Crippen LogP contribution in [0.25, 0.3) is 0 Å². The fraction of sp³-hybridized carbons (Fsp3) is 0.308. The molecule has 6 nitrogen and oxygen atoms in total. The van der Waals surface area contributed by atoms with Crippen molar-refractivity contribution in [1.82, 2.24) is 4.90 Å². The molecule has 2 aromatic rings. The fourth-order valence-electron chi connectivity index (χ4n) is 5.29. The van der Waals surface area contributed by atoms with E-state index in [9.17, 15) is 19.2 Å². The molecule has 2 amide bonds. The van der Waals surface area contributed by atoms with Gasteiger partial charge in [0.25, 0.3) is 0 Å². The molecule has 2 fully saturated rings. The number of hydrogen-bond donors (Lipinski definition) is 0. The van der Waals surface area contributed by atoms with Crippen LogP contribution in [0.3, 0.4) is 0 Å². The predicted molar refractivity (Wildman–Crippen MR) is 115 cm³/mol. The van der Waals surface area contributed by atoms with E-state index >= 15 is 0 Å². The average Bonchev–Trinajstić information content (AvgIpc) is 3.51. The summed E-state index contributed by atoms with van der Waals surface area (Å²) in [6, 6.07) is 16.7. The Morgan fingerprint density at radius 1 is 0.875 bits per heavy atom. The number of ketones is 1. The van der Waals surface area contributed by atoms with Gasteiger partial charge in [-0.15, -0.1) is 0 Å². The largest absolute Gasteiger partial charge is 0.456 e. The highest BCUT2D eigenvalue weighted by Crippen LogP contribution is 2.53. The molecule has 3 aliphatic rings. The summed E-state index contributed by atoms with van der Waals surface area (Å²) in [7, 11) is 0. The van der Waals surface area contributed by atoms with Gasteiger partial charge in [-0.2, -0.15) is 0 Å². The number of Topliss-reactive ketones (excluding diaryl/α,β-unsaturated/α-hetero) is 1. The molecule has 0 unspecified atom stereocenters. The van der Waals surface area contributed by atoms with Crippen LogP contribution >= 0.6 is 0 Å². The number of carbonyl (C=O) groups is 4. The summed E-state index contributed by atoms with van der Waals surface area (Å²) in [5.41, 5.74) is 1.24. The number of carbonyl (C=O) groups excluding carboxylic acids is 4. The van der Waals surface area contributed by atoms with E-state index in [0.29, 0.717) is 5.56 Å². The van der Waals surface area contributed by atoms with E-state index in [1.807, 2.05) is 42.5 Å². The second-order valence-electron chi connectivity index (χ2n) is 8.65. The quantitative estimate of drug-likeness (QED) is 0.293. The van der Waals surface area contributed by atoms with Crippen LogP contribution in [0.5, 0.6) is 0 Å². The first-order chi connectivity index (χ1) is 15.5. The second-order valence-corrected chi connectivity index (χ2v) is 8.65. The number of rotatable bonds is 7. The van der Waals surface area contributed by atoms with E-state index in [2.05, 4.69) is 0 Å². The summed E-state index contributed by atoms with van der Waals surface area (Å²) in [5, 5.41) is 0. The zero-order valence-corrected chi connectivity index (χ0v) is 17.4. The van der Waals surface area contributed by atoms with Gasteiger partial charge in [0.05, 0.1) is 11.8 Å². The average molecular weight is 429 g/mol. The van der Waals surface area contributed by atoms with Gasteiger partial charge in [-0.3, -0.25) is 19.3 Å². The summed E-state index contributed by atoms with van der Waals surface area (Å²) in [6.07, 6.45) is 5.01. The van der Waals surface area contributed by atoms with E-state index in [4.69, 9.17) is 4.74 Å². The molecule has 2 bridgehead atoms. The van der Waals surface area contributed by atoms with Crippen molar-refractivity contribution in [2.45, 2.75) is 18.9 Å². The van der Waals surface area contributed by atoms with Crippen molar-refractivity contribution >= 4 is 23.6 Å². The Kier molecular flexibility index (Phi) is 5.21. The molecule has 5 rings (SSSR count). The lowest BCUT2D eigenvalue weighted by atomic mass is 9.85. The van der Waals surface area contributed by atoms with Crippen molar-refractivity contribution in [2.24, 2.45) is 23.7 Å². The van der Waals surface area contributed by atoms with E-state index in [0.717, 1.165) is 16.9 Å². The Balaban J connectivity index is 1.37. The van der Waals surface area contributed by atoms with Gasteiger partial charge in [0, 0.05) is 12.0 Å². The minimum atomic E-state index is -1.09. The molecule has 1 saturated heterocycles. The number of hydrogen-bond acceptors (Lipinski definition) is 5. The maximum absolute atomic E-state index is 13.3. The van der Waals surface area contributed by atoms with Crippen molar-refractivity contribution in [2.75, 3.05) is 6.61 Å². The van der Waals surface area contributed by atoms with Gasteiger partial charge in [0.15, 0.2) is 12.4 Å². The summed E-state index contributed by atoms with van der Waals surface area (Å²) in [6.45, 7) is -0.440. The van der Waals surface area contributed by atoms with Crippen LogP contribution < -0.4 is 0 Å². The third-order valence-electron chi connectivity index (χ3n) is 6.80. The van der Waals surface area contributed by atoms with Crippen LogP contribution in [0.4, 0.5) is 0 Å². The molecule has 5 atom stereocenters. The van der Waals surface area contributed by atoms with Crippen LogP contribution in [0.15, 0.2) is 72.8 Å². The van der Waals surface area contributed by atoms with Gasteiger partial charge in [0.2, 0.25) is 11.8 Å². The van der Waals surface area contributed by atoms with E-state index in [-0.39, 0.29) is 35.9 Å². The Labute approximate surface area is 185 Å². The number of likely N-dealkylation sites (tertiary alicyclic amines) is 1. The molecule has 2 aromatic carbocycles. The second kappa shape index (κ2) is 8.19. The van der Waals surface area contributed by atoms with Crippen molar-refractivity contribution < 1.29 is 23.9 Å². The molecular formula is C26H23NO5. The number of nitrogens with zero attached hydrogens (tertiary/aromatic N) is 1. The normalized spacial score (nSPS) is 26.3. The highest BCUT2D eigenvalue weighted by Gasteiger charge is 2.61. The van der Waals surface area contributed by atoms with Crippen LogP contribution in [0.2, 0.25) is 0 Å². The van der Waals surface area contributed by atoms with Gasteiger partial charge < -0.3 is 4.74 Å². The number of fused-ring (bicyclic) bond motifs is 5. The van der Waals surface area contributed by atoms with E-state index in [1.165, 1.54) is 0 Å². The Bertz CT molecular complexity index is 1060. The lowest BCUT2D eigenvalue weighted by Crippen LogP contribution is -2.48. The number of benzene rings is 2. The standard InChI is InChI=1S/C26H23NO5/c28-21(17-9-5-2-6-10-17)15-32-26(31)20(13-16-7-3-1-4-8-16)27-24(29)22-18-11-12-19(14-18)23(22)25(27)30/h1-12,18-20,22-23H,13-15H2/t18-,19+,20-,22-,23+/m0/s1. The molecule has 0 spiro atoms. The summed E-state index contributed by atoms with van der Waals surface area (Å²) < 4.78 is 5.34. The zero-order valence-electron chi connectivity index (χ0n) is 17.4. The van der Waals surface area contributed by atoms with E-state index in [1.54, 1.807) is 30.3 Å². The Morgan fingerprint density at radius 2 is 1.44 bits per heavy atom. The molecule has 6 heteroatoms. The molecule has 1 heterocycles. The van der Waals surface area contributed by atoms with Gasteiger partial charge in [-0.25, -0.2) is 4.79 Å². The first kappa shape index (κ1) is 20.4. The first-order valence-corrected chi connectivity index (χ1v) is 10.9. The third-order valence-corrected chi connectivity index (χ3v) is 6.80. The molecule has 1 saturated carbocycles. The zero-order chi connectivity index (χ0) is 22.2. The van der Waals surface area contributed by atoms with Crippen LogP contribution in [-0.4, -0.2) is 41.1 Å². The molecule has 1 aliphatic heterocycles. The lowest BCUT2D eigenvalue weighted by Gasteiger charge is -2.26. The maximum atomic E-state index is 13.3. The molecule has 162 valence electrons. The third kappa shape index (κ3) is 3.45. The smallest absolute Gasteiger partial charge is 0.330 e. The molecule has 0 aromatic heterocycles. The number of imide groups is 1. The van der Waals surface area contributed by atoms with Crippen molar-refractivity contribution in [3.05, 3.63) is 83.9 Å². The number of amides is 2. The van der Waals surface area contributed by atoms with Crippen molar-refractivity contribution in [3.8, 4) is 0 Å². The van der Waals surface area contributed by atoms with Gasteiger partial charge in [0.1, 0.15) is 6.04 Å². The minimum Gasteiger partial charge on any atom is -0.456 e. The topological polar surface area (TPSA) is 80.8 Å². The molecule has 32 heavy (non-hydrogen) atoms. The number of allylic oxidation sites excluding steroid dienone is 2. The molecule has 0 N–H and O–H groups in total. The minimum absolute atomic E-state index is 0.0551. The first-order valence-electron chi connectivity index (χ1n) is 10.9. The van der Waals surface area contributed by atoms with Gasteiger partial charge in [-0.1, -0.05) is 72.8 Å². The summed E-state index contributed by atoms with van der Waals surface area (Å²) in [5.74, 6) is -2.35. The highest BCUT2D eigenvalue weighted by molar-refractivity contribution is 6.09. The Morgan fingerprint density at radius 3 is 2.03 bits per heavy atom.